The molecule has 0 aromatic carbocycles. The molecule has 0 aliphatic carbocycles. The van der Waals surface area contributed by atoms with E-state index in [9.17, 15) is 4.79 Å². The van der Waals surface area contributed by atoms with Crippen LogP contribution < -0.4 is 10.6 Å². The molecule has 2 heterocycles. The summed E-state index contributed by atoms with van der Waals surface area (Å²) in [6.45, 7) is 7.05. The lowest BCUT2D eigenvalue weighted by molar-refractivity contribution is 0.0287. The smallest absolute Gasteiger partial charge is 0.261 e. The molecule has 1 atom stereocenters. The van der Waals surface area contributed by atoms with Crippen molar-refractivity contribution in [2.75, 3.05) is 26.2 Å². The van der Waals surface area contributed by atoms with Crippen LogP contribution in [0.25, 0.3) is 0 Å². The molecule has 0 radical (unpaired) electrons. The van der Waals surface area contributed by atoms with E-state index in [1.807, 2.05) is 19.9 Å². The molecule has 1 aromatic rings. The largest absolute Gasteiger partial charge is 0.374 e. The van der Waals surface area contributed by atoms with Gasteiger partial charge in [-0.25, -0.2) is 0 Å². The number of carbonyl (C=O) groups excluding carboxylic acids is 1. The standard InChI is InChI=1S/C12H18N2O2S/c1-8-5-11(17-9(8)2)12(15)14-7-10-6-13-3-4-16-10/h5,10,13H,3-4,6-7H2,1-2H3,(H,14,15). The van der Waals surface area contributed by atoms with Crippen molar-refractivity contribution in [1.82, 2.24) is 10.6 Å². The minimum atomic E-state index is 0.000346. The molecule has 1 saturated heterocycles. The number of amides is 1. The fraction of sp³-hybridized carbons (Fsp3) is 0.583. The van der Waals surface area contributed by atoms with Gasteiger partial charge in [-0.1, -0.05) is 0 Å². The average Bonchev–Trinajstić information content (AvgIpc) is 2.68. The third kappa shape index (κ3) is 3.28. The molecule has 0 bridgehead atoms. The van der Waals surface area contributed by atoms with Gasteiger partial charge in [0.15, 0.2) is 0 Å². The molecule has 0 saturated carbocycles. The van der Waals surface area contributed by atoms with E-state index >= 15 is 0 Å². The minimum Gasteiger partial charge on any atom is -0.374 e. The van der Waals surface area contributed by atoms with Gasteiger partial charge >= 0.3 is 0 Å². The van der Waals surface area contributed by atoms with Crippen molar-refractivity contribution in [3.05, 3.63) is 21.4 Å². The Bertz CT molecular complexity index is 378. The molecule has 1 amide bonds. The summed E-state index contributed by atoms with van der Waals surface area (Å²) in [7, 11) is 0. The Hall–Kier alpha value is -0.910. The third-order valence-electron chi connectivity index (χ3n) is 2.88. The summed E-state index contributed by atoms with van der Waals surface area (Å²) in [6, 6.07) is 1.94. The van der Waals surface area contributed by atoms with Gasteiger partial charge in [0.25, 0.3) is 5.91 Å². The van der Waals surface area contributed by atoms with Gasteiger partial charge in [-0.05, 0) is 25.5 Å². The van der Waals surface area contributed by atoms with Crippen LogP contribution in [0.15, 0.2) is 6.07 Å². The van der Waals surface area contributed by atoms with Crippen molar-refractivity contribution in [2.24, 2.45) is 0 Å². The lowest BCUT2D eigenvalue weighted by atomic mass is 10.2. The topological polar surface area (TPSA) is 50.4 Å². The minimum absolute atomic E-state index is 0.000346. The van der Waals surface area contributed by atoms with Crippen molar-refractivity contribution in [1.29, 1.82) is 0 Å². The second-order valence-corrected chi connectivity index (χ2v) is 5.51. The molecule has 94 valence electrons. The quantitative estimate of drug-likeness (QED) is 0.849. The molecular weight excluding hydrogens is 236 g/mol. The molecule has 1 fully saturated rings. The predicted octanol–water partition coefficient (Wildman–Crippen LogP) is 1.08. The number of hydrogen-bond acceptors (Lipinski definition) is 4. The van der Waals surface area contributed by atoms with Gasteiger partial charge in [0, 0.05) is 24.5 Å². The molecule has 0 spiro atoms. The fourth-order valence-corrected chi connectivity index (χ4v) is 2.68. The number of carbonyl (C=O) groups is 1. The van der Waals surface area contributed by atoms with Crippen molar-refractivity contribution in [3.8, 4) is 0 Å². The summed E-state index contributed by atoms with van der Waals surface area (Å²) in [4.78, 5) is 13.9. The van der Waals surface area contributed by atoms with E-state index in [4.69, 9.17) is 4.74 Å². The lowest BCUT2D eigenvalue weighted by Gasteiger charge is -2.23. The average molecular weight is 254 g/mol. The number of hydrogen-bond donors (Lipinski definition) is 2. The summed E-state index contributed by atoms with van der Waals surface area (Å²) in [5, 5.41) is 6.15. The number of ether oxygens (including phenoxy) is 1. The van der Waals surface area contributed by atoms with E-state index < -0.39 is 0 Å². The summed E-state index contributed by atoms with van der Waals surface area (Å²) in [5.41, 5.74) is 1.18. The van der Waals surface area contributed by atoms with E-state index in [0.717, 1.165) is 24.6 Å². The highest BCUT2D eigenvalue weighted by Crippen LogP contribution is 2.20. The Morgan fingerprint density at radius 3 is 3.06 bits per heavy atom. The van der Waals surface area contributed by atoms with E-state index in [0.29, 0.717) is 6.54 Å². The zero-order valence-corrected chi connectivity index (χ0v) is 11.0. The molecule has 4 nitrogen and oxygen atoms in total. The van der Waals surface area contributed by atoms with Gasteiger partial charge in [0.1, 0.15) is 0 Å². The van der Waals surface area contributed by atoms with E-state index in [-0.39, 0.29) is 12.0 Å². The zero-order chi connectivity index (χ0) is 12.3. The van der Waals surface area contributed by atoms with E-state index in [2.05, 4.69) is 10.6 Å². The first kappa shape index (κ1) is 12.5. The predicted molar refractivity (Wildman–Crippen MR) is 68.7 cm³/mol. The van der Waals surface area contributed by atoms with Crippen LogP contribution in [0, 0.1) is 13.8 Å². The van der Waals surface area contributed by atoms with Gasteiger partial charge in [-0.2, -0.15) is 0 Å². The first-order chi connectivity index (χ1) is 8.16. The number of morpholine rings is 1. The van der Waals surface area contributed by atoms with Crippen LogP contribution in [0.1, 0.15) is 20.1 Å². The van der Waals surface area contributed by atoms with Crippen molar-refractivity contribution < 1.29 is 9.53 Å². The highest BCUT2D eigenvalue weighted by atomic mass is 32.1. The first-order valence-electron chi connectivity index (χ1n) is 5.84. The summed E-state index contributed by atoms with van der Waals surface area (Å²) < 4.78 is 5.52. The number of aryl methyl sites for hydroxylation is 2. The van der Waals surface area contributed by atoms with Crippen molar-refractivity contribution in [3.63, 3.8) is 0 Å². The monoisotopic (exact) mass is 254 g/mol. The molecule has 2 rings (SSSR count). The van der Waals surface area contributed by atoms with Gasteiger partial charge in [-0.15, -0.1) is 11.3 Å². The Morgan fingerprint density at radius 1 is 1.65 bits per heavy atom. The lowest BCUT2D eigenvalue weighted by Crippen LogP contribution is -2.45. The molecule has 5 heteroatoms. The van der Waals surface area contributed by atoms with Crippen LogP contribution in [0.4, 0.5) is 0 Å². The molecule has 1 aliphatic heterocycles. The van der Waals surface area contributed by atoms with Gasteiger partial charge in [0.2, 0.25) is 0 Å². The van der Waals surface area contributed by atoms with Crippen molar-refractivity contribution >= 4 is 17.2 Å². The highest BCUT2D eigenvalue weighted by Gasteiger charge is 2.16. The Kier molecular flexibility index (Phi) is 4.15. The Balaban J connectivity index is 1.84. The number of thiophene rings is 1. The maximum Gasteiger partial charge on any atom is 0.261 e. The van der Waals surface area contributed by atoms with Crippen LogP contribution in [-0.2, 0) is 4.74 Å². The van der Waals surface area contributed by atoms with Gasteiger partial charge in [-0.3, -0.25) is 4.79 Å². The van der Waals surface area contributed by atoms with Crippen LogP contribution in [0.3, 0.4) is 0 Å². The second kappa shape index (κ2) is 5.62. The van der Waals surface area contributed by atoms with Crippen LogP contribution in [0.2, 0.25) is 0 Å². The number of rotatable bonds is 3. The maximum atomic E-state index is 11.9. The first-order valence-corrected chi connectivity index (χ1v) is 6.66. The van der Waals surface area contributed by atoms with Gasteiger partial charge in [0.05, 0.1) is 17.6 Å². The Labute approximate surface area is 105 Å². The van der Waals surface area contributed by atoms with Crippen LogP contribution in [-0.4, -0.2) is 38.3 Å². The highest BCUT2D eigenvalue weighted by molar-refractivity contribution is 7.14. The summed E-state index contributed by atoms with van der Waals surface area (Å²) in [5.74, 6) is 0.000346. The van der Waals surface area contributed by atoms with Crippen molar-refractivity contribution in [2.45, 2.75) is 20.0 Å². The molecule has 17 heavy (non-hydrogen) atoms. The normalized spacial score (nSPS) is 20.2. The SMILES string of the molecule is Cc1cc(C(=O)NCC2CNCCO2)sc1C. The van der Waals surface area contributed by atoms with E-state index in [1.54, 1.807) is 11.3 Å². The molecule has 1 aliphatic rings. The molecular formula is C12H18N2O2S. The van der Waals surface area contributed by atoms with Gasteiger partial charge < -0.3 is 15.4 Å². The van der Waals surface area contributed by atoms with Crippen LogP contribution >= 0.6 is 11.3 Å². The second-order valence-electron chi connectivity index (χ2n) is 4.26. The molecule has 1 unspecified atom stereocenters. The van der Waals surface area contributed by atoms with E-state index in [1.165, 1.54) is 10.4 Å². The summed E-state index contributed by atoms with van der Waals surface area (Å²) >= 11 is 1.54. The number of nitrogens with one attached hydrogen (secondary N) is 2. The molecule has 1 aromatic heterocycles. The molecule has 2 N–H and O–H groups in total. The fourth-order valence-electron chi connectivity index (χ4n) is 1.73. The third-order valence-corrected chi connectivity index (χ3v) is 4.04. The zero-order valence-electron chi connectivity index (χ0n) is 10.2. The van der Waals surface area contributed by atoms with Crippen LogP contribution in [0.5, 0.6) is 0 Å². The maximum absolute atomic E-state index is 11.9. The Morgan fingerprint density at radius 2 is 2.47 bits per heavy atom. The summed E-state index contributed by atoms with van der Waals surface area (Å²) in [6.07, 6.45) is 0.0925.